The van der Waals surface area contributed by atoms with Crippen LogP contribution in [-0.4, -0.2) is 26.5 Å². The van der Waals surface area contributed by atoms with E-state index in [9.17, 15) is 4.79 Å². The molecule has 2 N–H and O–H groups in total. The first-order valence-corrected chi connectivity index (χ1v) is 6.76. The Morgan fingerprint density at radius 1 is 1.61 bits per heavy atom. The molecule has 1 atom stereocenters. The summed E-state index contributed by atoms with van der Waals surface area (Å²) in [4.78, 5) is 16.5. The van der Waals surface area contributed by atoms with Crippen LogP contribution < -0.4 is 5.32 Å². The maximum absolute atomic E-state index is 11.1. The molecular formula is C12H17N3O2S. The molecule has 6 heteroatoms. The zero-order valence-corrected chi connectivity index (χ0v) is 11.5. The summed E-state index contributed by atoms with van der Waals surface area (Å²) in [7, 11) is 0. The minimum Gasteiger partial charge on any atom is -0.480 e. The van der Waals surface area contributed by atoms with Crippen LogP contribution in [-0.2, 0) is 11.3 Å². The van der Waals surface area contributed by atoms with E-state index in [1.165, 1.54) is 0 Å². The van der Waals surface area contributed by atoms with Crippen molar-refractivity contribution in [1.82, 2.24) is 14.7 Å². The number of nitrogens with one attached hydrogen (secondary N) is 1. The van der Waals surface area contributed by atoms with Gasteiger partial charge in [0.2, 0.25) is 0 Å². The van der Waals surface area contributed by atoms with Crippen molar-refractivity contribution in [2.45, 2.75) is 33.4 Å². The lowest BCUT2D eigenvalue weighted by Gasteiger charge is -2.17. The van der Waals surface area contributed by atoms with Crippen LogP contribution in [0.1, 0.15) is 25.2 Å². The molecule has 0 aromatic carbocycles. The van der Waals surface area contributed by atoms with E-state index < -0.39 is 12.0 Å². The molecule has 2 aromatic heterocycles. The highest BCUT2D eigenvalue weighted by Crippen LogP contribution is 2.17. The second-order valence-electron chi connectivity index (χ2n) is 4.64. The summed E-state index contributed by atoms with van der Waals surface area (Å²) in [6, 6.07) is -0.534. The number of thiazole rings is 1. The van der Waals surface area contributed by atoms with Crippen LogP contribution >= 0.6 is 11.3 Å². The lowest BCUT2D eigenvalue weighted by atomic mass is 10.0. The second kappa shape index (κ2) is 5.07. The Labute approximate surface area is 109 Å². The lowest BCUT2D eigenvalue weighted by Crippen LogP contribution is -2.40. The maximum Gasteiger partial charge on any atom is 0.320 e. The van der Waals surface area contributed by atoms with Crippen molar-refractivity contribution in [3.63, 3.8) is 0 Å². The monoisotopic (exact) mass is 267 g/mol. The van der Waals surface area contributed by atoms with Gasteiger partial charge in [-0.05, 0) is 12.8 Å². The van der Waals surface area contributed by atoms with Crippen LogP contribution in [0.4, 0.5) is 0 Å². The third kappa shape index (κ3) is 2.39. The first kappa shape index (κ1) is 13.0. The van der Waals surface area contributed by atoms with Crippen LogP contribution in [0.5, 0.6) is 0 Å². The molecule has 1 unspecified atom stereocenters. The molecular weight excluding hydrogens is 250 g/mol. The summed E-state index contributed by atoms with van der Waals surface area (Å²) < 4.78 is 2.01. The molecule has 0 saturated heterocycles. The maximum atomic E-state index is 11.1. The van der Waals surface area contributed by atoms with Gasteiger partial charge in [0.1, 0.15) is 6.04 Å². The molecule has 0 radical (unpaired) electrons. The summed E-state index contributed by atoms with van der Waals surface area (Å²) in [5, 5.41) is 14.2. The van der Waals surface area contributed by atoms with Gasteiger partial charge in [-0.25, -0.2) is 4.98 Å². The molecule has 5 nitrogen and oxygen atoms in total. The number of fused-ring (bicyclic) bond motifs is 1. The summed E-state index contributed by atoms with van der Waals surface area (Å²) in [5.41, 5.74) is 1.97. The number of hydrogen-bond donors (Lipinski definition) is 2. The van der Waals surface area contributed by atoms with E-state index in [1.54, 1.807) is 11.3 Å². The van der Waals surface area contributed by atoms with E-state index in [0.29, 0.717) is 6.54 Å². The number of aryl methyl sites for hydroxylation is 1. The Kier molecular flexibility index (Phi) is 3.68. The fourth-order valence-corrected chi connectivity index (χ4v) is 2.75. The Morgan fingerprint density at radius 2 is 2.33 bits per heavy atom. The predicted molar refractivity (Wildman–Crippen MR) is 70.9 cm³/mol. The van der Waals surface area contributed by atoms with Crippen LogP contribution in [0.3, 0.4) is 0 Å². The first-order chi connectivity index (χ1) is 8.50. The summed E-state index contributed by atoms with van der Waals surface area (Å²) in [5.74, 6) is -0.762. The van der Waals surface area contributed by atoms with E-state index in [0.717, 1.165) is 16.3 Å². The number of carbonyl (C=O) groups is 1. The molecule has 0 aliphatic heterocycles. The third-order valence-electron chi connectivity index (χ3n) is 2.98. The number of rotatable bonds is 5. The fraction of sp³-hybridized carbons (Fsp3) is 0.500. The molecule has 0 amide bonds. The highest BCUT2D eigenvalue weighted by molar-refractivity contribution is 7.15. The van der Waals surface area contributed by atoms with Gasteiger partial charge in [-0.2, -0.15) is 0 Å². The average molecular weight is 267 g/mol. The van der Waals surface area contributed by atoms with Gasteiger partial charge in [0, 0.05) is 18.1 Å². The van der Waals surface area contributed by atoms with Crippen molar-refractivity contribution in [2.75, 3.05) is 0 Å². The van der Waals surface area contributed by atoms with Crippen LogP contribution in [0, 0.1) is 12.8 Å². The molecule has 0 spiro atoms. The van der Waals surface area contributed by atoms with E-state index in [1.807, 2.05) is 36.7 Å². The minimum absolute atomic E-state index is 0.0497. The number of hydrogen-bond acceptors (Lipinski definition) is 4. The molecule has 2 heterocycles. The van der Waals surface area contributed by atoms with Gasteiger partial charge in [-0.3, -0.25) is 14.5 Å². The van der Waals surface area contributed by atoms with E-state index in [2.05, 4.69) is 10.3 Å². The highest BCUT2D eigenvalue weighted by atomic mass is 32.1. The molecule has 98 valence electrons. The van der Waals surface area contributed by atoms with Gasteiger partial charge in [0.05, 0.1) is 11.4 Å². The second-order valence-corrected chi connectivity index (χ2v) is 5.51. The number of aromatic nitrogens is 2. The Hall–Kier alpha value is -1.40. The zero-order chi connectivity index (χ0) is 13.3. The molecule has 2 rings (SSSR count). The predicted octanol–water partition coefficient (Wildman–Crippen LogP) is 1.90. The van der Waals surface area contributed by atoms with Crippen molar-refractivity contribution in [3.8, 4) is 0 Å². The molecule has 0 aliphatic rings. The molecule has 0 bridgehead atoms. The SMILES string of the molecule is Cc1nc2sccn2c1CNC(C(=O)O)C(C)C. The lowest BCUT2D eigenvalue weighted by molar-refractivity contribution is -0.140. The minimum atomic E-state index is -0.811. The number of carboxylic acids is 1. The van der Waals surface area contributed by atoms with Gasteiger partial charge < -0.3 is 5.11 Å². The van der Waals surface area contributed by atoms with Crippen molar-refractivity contribution >= 4 is 22.3 Å². The van der Waals surface area contributed by atoms with E-state index >= 15 is 0 Å². The van der Waals surface area contributed by atoms with Crippen LogP contribution in [0.15, 0.2) is 11.6 Å². The van der Waals surface area contributed by atoms with E-state index in [-0.39, 0.29) is 5.92 Å². The molecule has 0 saturated carbocycles. The molecule has 2 aromatic rings. The number of aliphatic carboxylic acids is 1. The van der Waals surface area contributed by atoms with Gasteiger partial charge in [-0.15, -0.1) is 11.3 Å². The normalized spacial score (nSPS) is 13.3. The van der Waals surface area contributed by atoms with Crippen LogP contribution in [0.2, 0.25) is 0 Å². The Morgan fingerprint density at radius 3 is 2.94 bits per heavy atom. The zero-order valence-electron chi connectivity index (χ0n) is 10.7. The smallest absolute Gasteiger partial charge is 0.320 e. The van der Waals surface area contributed by atoms with Crippen molar-refractivity contribution in [2.24, 2.45) is 5.92 Å². The average Bonchev–Trinajstić information content (AvgIpc) is 2.80. The Bertz CT molecular complexity index is 559. The topological polar surface area (TPSA) is 66.6 Å². The quantitative estimate of drug-likeness (QED) is 0.868. The van der Waals surface area contributed by atoms with Crippen molar-refractivity contribution in [1.29, 1.82) is 0 Å². The highest BCUT2D eigenvalue weighted by Gasteiger charge is 2.21. The fourth-order valence-electron chi connectivity index (χ4n) is 1.97. The first-order valence-electron chi connectivity index (χ1n) is 5.88. The standard InChI is InChI=1S/C12H17N3O2S/c1-7(2)10(11(16)17)13-6-9-8(3)14-12-15(9)4-5-18-12/h4-5,7,10,13H,6H2,1-3H3,(H,16,17). The van der Waals surface area contributed by atoms with Gasteiger partial charge >= 0.3 is 5.97 Å². The van der Waals surface area contributed by atoms with Gasteiger partial charge in [0.15, 0.2) is 4.96 Å². The molecule has 18 heavy (non-hydrogen) atoms. The molecule has 0 aliphatic carbocycles. The van der Waals surface area contributed by atoms with Crippen molar-refractivity contribution in [3.05, 3.63) is 23.0 Å². The van der Waals surface area contributed by atoms with Gasteiger partial charge in [0.25, 0.3) is 0 Å². The summed E-state index contributed by atoms with van der Waals surface area (Å²) in [6.07, 6.45) is 1.96. The van der Waals surface area contributed by atoms with Gasteiger partial charge in [-0.1, -0.05) is 13.8 Å². The largest absolute Gasteiger partial charge is 0.480 e. The Balaban J connectivity index is 2.16. The van der Waals surface area contributed by atoms with E-state index in [4.69, 9.17) is 5.11 Å². The summed E-state index contributed by atoms with van der Waals surface area (Å²) >= 11 is 1.58. The number of carboxylic acid groups (broad SMARTS) is 1. The molecule has 0 fully saturated rings. The third-order valence-corrected chi connectivity index (χ3v) is 3.74. The van der Waals surface area contributed by atoms with Crippen molar-refractivity contribution < 1.29 is 9.90 Å². The number of nitrogens with zero attached hydrogens (tertiary/aromatic N) is 2. The van der Waals surface area contributed by atoms with Crippen LogP contribution in [0.25, 0.3) is 4.96 Å². The number of imidazole rings is 1. The summed E-state index contributed by atoms with van der Waals surface area (Å²) in [6.45, 7) is 6.26.